The first-order valence-electron chi connectivity index (χ1n) is 6.73. The Balaban J connectivity index is 3.44. The molecule has 0 heterocycles. The molecular formula is C16H24O3. The Morgan fingerprint density at radius 1 is 1.32 bits per heavy atom. The Bertz CT molecular complexity index is 468. The number of benzene rings is 1. The maximum absolute atomic E-state index is 11.9. The summed E-state index contributed by atoms with van der Waals surface area (Å²) < 4.78 is 5.05. The fourth-order valence-corrected chi connectivity index (χ4v) is 2.00. The third-order valence-electron chi connectivity index (χ3n) is 3.08. The van der Waals surface area contributed by atoms with Gasteiger partial charge in [-0.1, -0.05) is 34.6 Å². The third-order valence-corrected chi connectivity index (χ3v) is 3.08. The molecule has 0 aliphatic rings. The van der Waals surface area contributed by atoms with Crippen molar-refractivity contribution in [3.05, 3.63) is 28.8 Å². The maximum Gasteiger partial charge on any atom is 0.338 e. The molecule has 1 N–H and O–H groups in total. The van der Waals surface area contributed by atoms with Crippen LogP contribution in [0.4, 0.5) is 0 Å². The van der Waals surface area contributed by atoms with Crippen LogP contribution in [-0.4, -0.2) is 17.7 Å². The standard InChI is InChI=1S/C16H24O3/c1-7-19-15(18)11-8-12(10(2)3)14(17)13(9-11)16(4,5)6/h8-10,17H,7H2,1-6H3. The van der Waals surface area contributed by atoms with Crippen LogP contribution in [0.15, 0.2) is 12.1 Å². The summed E-state index contributed by atoms with van der Waals surface area (Å²) in [6.07, 6.45) is 0. The molecule has 19 heavy (non-hydrogen) atoms. The quantitative estimate of drug-likeness (QED) is 0.840. The van der Waals surface area contributed by atoms with Crippen molar-refractivity contribution in [3.8, 4) is 5.75 Å². The highest BCUT2D eigenvalue weighted by Gasteiger charge is 2.24. The van der Waals surface area contributed by atoms with Crippen LogP contribution < -0.4 is 0 Å². The van der Waals surface area contributed by atoms with Gasteiger partial charge in [0, 0.05) is 5.56 Å². The minimum Gasteiger partial charge on any atom is -0.507 e. The van der Waals surface area contributed by atoms with Crippen molar-refractivity contribution in [1.29, 1.82) is 0 Å². The zero-order valence-corrected chi connectivity index (χ0v) is 12.7. The molecule has 1 aromatic carbocycles. The van der Waals surface area contributed by atoms with E-state index < -0.39 is 0 Å². The highest BCUT2D eigenvalue weighted by atomic mass is 16.5. The molecule has 0 unspecified atom stereocenters. The van der Waals surface area contributed by atoms with Gasteiger partial charge in [-0.25, -0.2) is 4.79 Å². The van der Waals surface area contributed by atoms with E-state index in [2.05, 4.69) is 0 Å². The lowest BCUT2D eigenvalue weighted by atomic mass is 9.82. The van der Waals surface area contributed by atoms with Gasteiger partial charge in [0.2, 0.25) is 0 Å². The smallest absolute Gasteiger partial charge is 0.338 e. The number of aromatic hydroxyl groups is 1. The van der Waals surface area contributed by atoms with Gasteiger partial charge in [-0.3, -0.25) is 0 Å². The van der Waals surface area contributed by atoms with Gasteiger partial charge < -0.3 is 9.84 Å². The molecule has 0 saturated carbocycles. The summed E-state index contributed by atoms with van der Waals surface area (Å²) in [6.45, 7) is 12.2. The van der Waals surface area contributed by atoms with Gasteiger partial charge in [0.15, 0.2) is 0 Å². The second-order valence-corrected chi connectivity index (χ2v) is 6.09. The van der Waals surface area contributed by atoms with E-state index in [1.807, 2.05) is 34.6 Å². The first kappa shape index (κ1) is 15.5. The van der Waals surface area contributed by atoms with E-state index in [9.17, 15) is 9.90 Å². The largest absolute Gasteiger partial charge is 0.507 e. The van der Waals surface area contributed by atoms with Crippen LogP contribution in [0.25, 0.3) is 0 Å². The summed E-state index contributed by atoms with van der Waals surface area (Å²) in [5.41, 5.74) is 1.85. The second kappa shape index (κ2) is 5.64. The van der Waals surface area contributed by atoms with Crippen molar-refractivity contribution < 1.29 is 14.6 Å². The van der Waals surface area contributed by atoms with E-state index >= 15 is 0 Å². The molecule has 0 aromatic heterocycles. The van der Waals surface area contributed by atoms with Crippen LogP contribution in [0.3, 0.4) is 0 Å². The Morgan fingerprint density at radius 3 is 2.32 bits per heavy atom. The van der Waals surface area contributed by atoms with E-state index in [4.69, 9.17) is 4.74 Å². The van der Waals surface area contributed by atoms with Crippen LogP contribution in [0.1, 0.15) is 68.9 Å². The van der Waals surface area contributed by atoms with E-state index in [0.29, 0.717) is 12.2 Å². The fraction of sp³-hybridized carbons (Fsp3) is 0.562. The van der Waals surface area contributed by atoms with Crippen LogP contribution in [0, 0.1) is 0 Å². The van der Waals surface area contributed by atoms with Crippen LogP contribution >= 0.6 is 0 Å². The summed E-state index contributed by atoms with van der Waals surface area (Å²) >= 11 is 0. The van der Waals surface area contributed by atoms with Gasteiger partial charge in [0.1, 0.15) is 5.75 Å². The van der Waals surface area contributed by atoms with Crippen molar-refractivity contribution in [2.75, 3.05) is 6.61 Å². The monoisotopic (exact) mass is 264 g/mol. The topological polar surface area (TPSA) is 46.5 Å². The van der Waals surface area contributed by atoms with Crippen molar-refractivity contribution in [2.45, 2.75) is 52.9 Å². The van der Waals surface area contributed by atoms with E-state index in [1.54, 1.807) is 19.1 Å². The molecule has 0 aliphatic heterocycles. The molecule has 3 heteroatoms. The molecule has 0 atom stereocenters. The number of esters is 1. The lowest BCUT2D eigenvalue weighted by Gasteiger charge is -2.24. The van der Waals surface area contributed by atoms with Crippen LogP contribution in [-0.2, 0) is 10.2 Å². The molecule has 1 aromatic rings. The van der Waals surface area contributed by atoms with E-state index in [-0.39, 0.29) is 23.1 Å². The van der Waals surface area contributed by atoms with Crippen molar-refractivity contribution in [2.24, 2.45) is 0 Å². The van der Waals surface area contributed by atoms with Gasteiger partial charge in [-0.15, -0.1) is 0 Å². The average Bonchev–Trinajstić information content (AvgIpc) is 2.27. The zero-order valence-electron chi connectivity index (χ0n) is 12.7. The fourth-order valence-electron chi connectivity index (χ4n) is 2.00. The number of carbonyl (C=O) groups is 1. The number of phenols is 1. The van der Waals surface area contributed by atoms with Crippen LogP contribution in [0.5, 0.6) is 5.75 Å². The molecule has 106 valence electrons. The van der Waals surface area contributed by atoms with Gasteiger partial charge in [-0.05, 0) is 36.0 Å². The molecule has 0 spiro atoms. The summed E-state index contributed by atoms with van der Waals surface area (Å²) in [5, 5.41) is 10.4. The zero-order chi connectivity index (χ0) is 14.8. The molecule has 0 radical (unpaired) electrons. The van der Waals surface area contributed by atoms with Gasteiger partial charge in [-0.2, -0.15) is 0 Å². The minimum atomic E-state index is -0.338. The predicted molar refractivity (Wildman–Crippen MR) is 76.9 cm³/mol. The normalized spacial score (nSPS) is 11.7. The number of ether oxygens (including phenoxy) is 1. The molecule has 0 fully saturated rings. The van der Waals surface area contributed by atoms with Gasteiger partial charge in [0.25, 0.3) is 0 Å². The predicted octanol–water partition coefficient (Wildman–Crippen LogP) is 3.99. The molecule has 0 saturated heterocycles. The number of phenolic OH excluding ortho intramolecular Hbond substituents is 1. The molecular weight excluding hydrogens is 240 g/mol. The minimum absolute atomic E-state index is 0.149. The third kappa shape index (κ3) is 3.49. The Hall–Kier alpha value is -1.51. The summed E-state index contributed by atoms with van der Waals surface area (Å²) in [4.78, 5) is 11.9. The SMILES string of the molecule is CCOC(=O)c1cc(C(C)C)c(O)c(C(C)(C)C)c1. The van der Waals surface area contributed by atoms with Gasteiger partial charge >= 0.3 is 5.97 Å². The number of hydrogen-bond donors (Lipinski definition) is 1. The summed E-state index contributed by atoms with van der Waals surface area (Å²) in [7, 11) is 0. The average molecular weight is 264 g/mol. The maximum atomic E-state index is 11.9. The number of hydrogen-bond acceptors (Lipinski definition) is 3. The highest BCUT2D eigenvalue weighted by molar-refractivity contribution is 5.90. The van der Waals surface area contributed by atoms with Gasteiger partial charge in [0.05, 0.1) is 12.2 Å². The van der Waals surface area contributed by atoms with Crippen molar-refractivity contribution in [1.82, 2.24) is 0 Å². The summed E-state index contributed by atoms with van der Waals surface area (Å²) in [6, 6.07) is 3.46. The Morgan fingerprint density at radius 2 is 1.89 bits per heavy atom. The Kier molecular flexibility index (Phi) is 4.61. The van der Waals surface area contributed by atoms with E-state index in [0.717, 1.165) is 11.1 Å². The highest BCUT2D eigenvalue weighted by Crippen LogP contribution is 2.37. The molecule has 3 nitrogen and oxygen atoms in total. The Labute approximate surface area is 115 Å². The lowest BCUT2D eigenvalue weighted by molar-refractivity contribution is 0.0526. The number of rotatable bonds is 3. The van der Waals surface area contributed by atoms with Crippen LogP contribution in [0.2, 0.25) is 0 Å². The van der Waals surface area contributed by atoms with Crippen molar-refractivity contribution in [3.63, 3.8) is 0 Å². The van der Waals surface area contributed by atoms with E-state index in [1.165, 1.54) is 0 Å². The molecule has 0 aliphatic carbocycles. The lowest BCUT2D eigenvalue weighted by Crippen LogP contribution is -2.15. The second-order valence-electron chi connectivity index (χ2n) is 6.09. The first-order valence-corrected chi connectivity index (χ1v) is 6.73. The number of carbonyl (C=O) groups excluding carboxylic acids is 1. The van der Waals surface area contributed by atoms with Crippen molar-refractivity contribution >= 4 is 5.97 Å². The first-order chi connectivity index (χ1) is 8.68. The summed E-state index contributed by atoms with van der Waals surface area (Å²) in [5.74, 6) is 0.0981. The molecule has 1 rings (SSSR count). The molecule has 0 amide bonds. The molecule has 0 bridgehead atoms.